The SMILES string of the molecule is O=C(COc1cccnc1)N1CCc2ccccc21. The molecule has 1 aromatic heterocycles. The Morgan fingerprint density at radius 3 is 3.00 bits per heavy atom. The normalized spacial score (nSPS) is 13.2. The van der Waals surface area contributed by atoms with Crippen molar-refractivity contribution in [1.82, 2.24) is 4.98 Å². The van der Waals surface area contributed by atoms with E-state index in [1.165, 1.54) is 5.56 Å². The molecule has 0 aliphatic carbocycles. The number of amides is 1. The predicted octanol–water partition coefficient (Wildman–Crippen LogP) is 2.05. The number of ether oxygens (including phenoxy) is 1. The molecule has 1 amide bonds. The van der Waals surface area contributed by atoms with Crippen LogP contribution in [0.15, 0.2) is 48.8 Å². The summed E-state index contributed by atoms with van der Waals surface area (Å²) < 4.78 is 5.44. The number of nitrogens with zero attached hydrogens (tertiary/aromatic N) is 2. The molecule has 4 heteroatoms. The number of carbonyl (C=O) groups excluding carboxylic acids is 1. The minimum atomic E-state index is -0.0196. The van der Waals surface area contributed by atoms with Crippen LogP contribution in [0.1, 0.15) is 5.56 Å². The molecule has 0 saturated carbocycles. The molecule has 96 valence electrons. The maximum Gasteiger partial charge on any atom is 0.264 e. The summed E-state index contributed by atoms with van der Waals surface area (Å²) in [5.41, 5.74) is 2.22. The minimum Gasteiger partial charge on any atom is -0.482 e. The molecule has 4 nitrogen and oxygen atoms in total. The van der Waals surface area contributed by atoms with Crippen LogP contribution in [-0.2, 0) is 11.2 Å². The molecule has 1 aromatic carbocycles. The molecule has 2 aromatic rings. The molecule has 0 saturated heterocycles. The molecule has 0 N–H and O–H groups in total. The second kappa shape index (κ2) is 5.10. The first kappa shape index (κ1) is 11.7. The number of rotatable bonds is 3. The van der Waals surface area contributed by atoms with E-state index in [4.69, 9.17) is 4.74 Å². The first-order valence-electron chi connectivity index (χ1n) is 6.26. The zero-order valence-corrected chi connectivity index (χ0v) is 10.5. The lowest BCUT2D eigenvalue weighted by Gasteiger charge is -2.17. The van der Waals surface area contributed by atoms with E-state index in [2.05, 4.69) is 11.1 Å². The molecule has 3 rings (SSSR count). The topological polar surface area (TPSA) is 42.4 Å². The molecule has 0 spiro atoms. The van der Waals surface area contributed by atoms with Gasteiger partial charge in [-0.15, -0.1) is 0 Å². The van der Waals surface area contributed by atoms with Crippen molar-refractivity contribution in [2.45, 2.75) is 6.42 Å². The molecule has 0 radical (unpaired) electrons. The highest BCUT2D eigenvalue weighted by atomic mass is 16.5. The molecule has 2 heterocycles. The highest BCUT2D eigenvalue weighted by Crippen LogP contribution is 2.27. The number of carbonyl (C=O) groups is 1. The Balaban J connectivity index is 1.66. The first-order chi connectivity index (χ1) is 9.34. The fourth-order valence-electron chi connectivity index (χ4n) is 2.25. The third-order valence-corrected chi connectivity index (χ3v) is 3.18. The molecule has 1 aliphatic heterocycles. The largest absolute Gasteiger partial charge is 0.482 e. The van der Waals surface area contributed by atoms with E-state index in [-0.39, 0.29) is 12.5 Å². The Kier molecular flexibility index (Phi) is 3.14. The van der Waals surface area contributed by atoms with Gasteiger partial charge in [0.1, 0.15) is 5.75 Å². The smallest absolute Gasteiger partial charge is 0.264 e. The molecule has 0 fully saturated rings. The van der Waals surface area contributed by atoms with Gasteiger partial charge in [-0.3, -0.25) is 9.78 Å². The van der Waals surface area contributed by atoms with E-state index < -0.39 is 0 Å². The summed E-state index contributed by atoms with van der Waals surface area (Å²) in [7, 11) is 0. The number of hydrogen-bond donors (Lipinski definition) is 0. The number of fused-ring (bicyclic) bond motifs is 1. The zero-order chi connectivity index (χ0) is 13.1. The average Bonchev–Trinajstić information content (AvgIpc) is 2.90. The van der Waals surface area contributed by atoms with E-state index in [1.54, 1.807) is 29.4 Å². The van der Waals surface area contributed by atoms with E-state index in [9.17, 15) is 4.79 Å². The maximum absolute atomic E-state index is 12.2. The Morgan fingerprint density at radius 1 is 1.26 bits per heavy atom. The maximum atomic E-state index is 12.2. The third-order valence-electron chi connectivity index (χ3n) is 3.18. The van der Waals surface area contributed by atoms with E-state index >= 15 is 0 Å². The van der Waals surface area contributed by atoms with Crippen LogP contribution in [-0.4, -0.2) is 24.0 Å². The number of para-hydroxylation sites is 1. The Hall–Kier alpha value is -2.36. The second-order valence-electron chi connectivity index (χ2n) is 4.40. The average molecular weight is 254 g/mol. The highest BCUT2D eigenvalue weighted by molar-refractivity contribution is 5.96. The van der Waals surface area contributed by atoms with Gasteiger partial charge in [-0.25, -0.2) is 0 Å². The van der Waals surface area contributed by atoms with Gasteiger partial charge >= 0.3 is 0 Å². The Bertz CT molecular complexity index is 584. The van der Waals surface area contributed by atoms with Crippen molar-refractivity contribution < 1.29 is 9.53 Å². The molecular weight excluding hydrogens is 240 g/mol. The third kappa shape index (κ3) is 2.42. The molecule has 0 atom stereocenters. The van der Waals surface area contributed by atoms with Gasteiger partial charge in [0, 0.05) is 18.4 Å². The second-order valence-corrected chi connectivity index (χ2v) is 4.40. The Morgan fingerprint density at radius 2 is 2.16 bits per heavy atom. The molecule has 0 bridgehead atoms. The molecule has 19 heavy (non-hydrogen) atoms. The number of benzene rings is 1. The van der Waals surface area contributed by atoms with Crippen LogP contribution in [0.5, 0.6) is 5.75 Å². The van der Waals surface area contributed by atoms with Crippen molar-refractivity contribution >= 4 is 11.6 Å². The van der Waals surface area contributed by atoms with Crippen molar-refractivity contribution in [3.8, 4) is 5.75 Å². The van der Waals surface area contributed by atoms with E-state index in [1.807, 2.05) is 18.2 Å². The fourth-order valence-corrected chi connectivity index (χ4v) is 2.25. The van der Waals surface area contributed by atoms with Crippen molar-refractivity contribution in [3.63, 3.8) is 0 Å². The minimum absolute atomic E-state index is 0.0196. The van der Waals surface area contributed by atoms with Gasteiger partial charge in [0.25, 0.3) is 5.91 Å². The van der Waals surface area contributed by atoms with Crippen LogP contribution >= 0.6 is 0 Å². The molecular formula is C15H14N2O2. The number of hydrogen-bond acceptors (Lipinski definition) is 3. The van der Waals surface area contributed by atoms with Crippen LogP contribution in [0.3, 0.4) is 0 Å². The summed E-state index contributed by atoms with van der Waals surface area (Å²) in [5, 5.41) is 0. The summed E-state index contributed by atoms with van der Waals surface area (Å²) in [4.78, 5) is 17.9. The van der Waals surface area contributed by atoms with Gasteiger partial charge in [0.05, 0.1) is 6.20 Å². The highest BCUT2D eigenvalue weighted by Gasteiger charge is 2.24. The molecule has 1 aliphatic rings. The van der Waals surface area contributed by atoms with E-state index in [0.717, 1.165) is 18.7 Å². The zero-order valence-electron chi connectivity index (χ0n) is 10.5. The van der Waals surface area contributed by atoms with Gasteiger partial charge < -0.3 is 9.64 Å². The predicted molar refractivity (Wildman–Crippen MR) is 72.2 cm³/mol. The quantitative estimate of drug-likeness (QED) is 0.842. The fraction of sp³-hybridized carbons (Fsp3) is 0.200. The summed E-state index contributed by atoms with van der Waals surface area (Å²) in [5.74, 6) is 0.595. The standard InChI is InChI=1S/C15H14N2O2/c18-15(11-19-13-5-3-8-16-10-13)17-9-7-12-4-1-2-6-14(12)17/h1-6,8,10H,7,9,11H2. The van der Waals surface area contributed by atoms with E-state index in [0.29, 0.717) is 5.75 Å². The van der Waals surface area contributed by atoms with Gasteiger partial charge in [-0.1, -0.05) is 18.2 Å². The van der Waals surface area contributed by atoms with Gasteiger partial charge in [0.15, 0.2) is 6.61 Å². The van der Waals surface area contributed by atoms with Crippen LogP contribution in [0.2, 0.25) is 0 Å². The van der Waals surface area contributed by atoms with Crippen molar-refractivity contribution in [3.05, 3.63) is 54.4 Å². The first-order valence-corrected chi connectivity index (χ1v) is 6.26. The van der Waals surface area contributed by atoms with Crippen LogP contribution < -0.4 is 9.64 Å². The Labute approximate surface area is 111 Å². The summed E-state index contributed by atoms with van der Waals surface area (Å²) in [6, 6.07) is 11.6. The summed E-state index contributed by atoms with van der Waals surface area (Å²) >= 11 is 0. The number of anilines is 1. The van der Waals surface area contributed by atoms with Crippen molar-refractivity contribution in [1.29, 1.82) is 0 Å². The van der Waals surface area contributed by atoms with Gasteiger partial charge in [-0.2, -0.15) is 0 Å². The summed E-state index contributed by atoms with van der Waals surface area (Å²) in [6.07, 6.45) is 4.19. The van der Waals surface area contributed by atoms with Crippen LogP contribution in [0.4, 0.5) is 5.69 Å². The monoisotopic (exact) mass is 254 g/mol. The van der Waals surface area contributed by atoms with Crippen LogP contribution in [0.25, 0.3) is 0 Å². The lowest BCUT2D eigenvalue weighted by Crippen LogP contribution is -2.33. The lowest BCUT2D eigenvalue weighted by molar-refractivity contribution is -0.120. The lowest BCUT2D eigenvalue weighted by atomic mass is 10.2. The number of aromatic nitrogens is 1. The number of pyridine rings is 1. The summed E-state index contributed by atoms with van der Waals surface area (Å²) in [6.45, 7) is 0.772. The van der Waals surface area contributed by atoms with Crippen molar-refractivity contribution in [2.24, 2.45) is 0 Å². The van der Waals surface area contributed by atoms with Gasteiger partial charge in [-0.05, 0) is 30.2 Å². The van der Waals surface area contributed by atoms with Crippen LogP contribution in [0, 0.1) is 0 Å². The van der Waals surface area contributed by atoms with Crippen molar-refractivity contribution in [2.75, 3.05) is 18.1 Å². The van der Waals surface area contributed by atoms with Gasteiger partial charge in [0.2, 0.25) is 0 Å². The molecule has 0 unspecified atom stereocenters.